The zero-order valence-electron chi connectivity index (χ0n) is 9.91. The minimum absolute atomic E-state index is 0.0556. The Morgan fingerprint density at radius 2 is 2.35 bits per heavy atom. The summed E-state index contributed by atoms with van der Waals surface area (Å²) in [4.78, 5) is 11.6. The summed E-state index contributed by atoms with van der Waals surface area (Å²) in [7, 11) is 0. The van der Waals surface area contributed by atoms with Gasteiger partial charge in [-0.1, -0.05) is 0 Å². The fourth-order valence-electron chi connectivity index (χ4n) is 1.66. The standard InChI is InChI=1S/C12H15N3O2/c1-8-11(9(2)15-14-8)7-13-12(16)6-10-4-3-5-17-10/h3-5H,6-7H2,1-2H3,(H,13,16)(H,14,15). The van der Waals surface area contributed by atoms with Crippen LogP contribution in [0.25, 0.3) is 0 Å². The molecule has 0 spiro atoms. The van der Waals surface area contributed by atoms with Crippen LogP contribution in [-0.2, 0) is 17.8 Å². The summed E-state index contributed by atoms with van der Waals surface area (Å²) in [6.45, 7) is 4.35. The van der Waals surface area contributed by atoms with Gasteiger partial charge in [0.25, 0.3) is 0 Å². The van der Waals surface area contributed by atoms with Gasteiger partial charge in [-0.05, 0) is 26.0 Å². The molecule has 0 bridgehead atoms. The minimum atomic E-state index is -0.0556. The fraction of sp³-hybridized carbons (Fsp3) is 0.333. The largest absolute Gasteiger partial charge is 0.469 e. The molecule has 5 heteroatoms. The highest BCUT2D eigenvalue weighted by atomic mass is 16.3. The maximum absolute atomic E-state index is 11.6. The van der Waals surface area contributed by atoms with E-state index >= 15 is 0 Å². The zero-order valence-corrected chi connectivity index (χ0v) is 9.91. The first-order valence-electron chi connectivity index (χ1n) is 5.46. The molecule has 0 fully saturated rings. The highest BCUT2D eigenvalue weighted by Gasteiger charge is 2.09. The second-order valence-electron chi connectivity index (χ2n) is 3.95. The highest BCUT2D eigenvalue weighted by Crippen LogP contribution is 2.08. The van der Waals surface area contributed by atoms with E-state index in [4.69, 9.17) is 4.42 Å². The van der Waals surface area contributed by atoms with Crippen LogP contribution >= 0.6 is 0 Å². The summed E-state index contributed by atoms with van der Waals surface area (Å²) in [6, 6.07) is 3.56. The molecule has 2 heterocycles. The van der Waals surface area contributed by atoms with Crippen molar-refractivity contribution < 1.29 is 9.21 Å². The molecule has 0 atom stereocenters. The number of hydrogen-bond donors (Lipinski definition) is 2. The Balaban J connectivity index is 1.88. The molecule has 17 heavy (non-hydrogen) atoms. The molecule has 2 aromatic heterocycles. The van der Waals surface area contributed by atoms with Gasteiger partial charge in [-0.15, -0.1) is 0 Å². The lowest BCUT2D eigenvalue weighted by molar-refractivity contribution is -0.120. The van der Waals surface area contributed by atoms with Crippen molar-refractivity contribution in [1.82, 2.24) is 15.5 Å². The Morgan fingerprint density at radius 1 is 1.53 bits per heavy atom. The maximum Gasteiger partial charge on any atom is 0.227 e. The van der Waals surface area contributed by atoms with E-state index in [1.807, 2.05) is 13.8 Å². The number of carbonyl (C=O) groups excluding carboxylic acids is 1. The summed E-state index contributed by atoms with van der Waals surface area (Å²) in [5.41, 5.74) is 2.94. The lowest BCUT2D eigenvalue weighted by Gasteiger charge is -2.04. The number of H-pyrrole nitrogens is 1. The van der Waals surface area contributed by atoms with Crippen molar-refractivity contribution in [1.29, 1.82) is 0 Å². The quantitative estimate of drug-likeness (QED) is 0.840. The third kappa shape index (κ3) is 2.75. The molecule has 0 aliphatic carbocycles. The van der Waals surface area contributed by atoms with Gasteiger partial charge in [-0.3, -0.25) is 9.89 Å². The molecule has 2 aromatic rings. The molecule has 0 unspecified atom stereocenters. The van der Waals surface area contributed by atoms with Crippen molar-refractivity contribution in [3.05, 3.63) is 41.1 Å². The summed E-state index contributed by atoms with van der Waals surface area (Å²) >= 11 is 0. The Kier molecular flexibility index (Phi) is 3.27. The number of rotatable bonds is 4. The topological polar surface area (TPSA) is 70.9 Å². The van der Waals surface area contributed by atoms with Crippen molar-refractivity contribution in [2.24, 2.45) is 0 Å². The van der Waals surface area contributed by atoms with E-state index in [0.29, 0.717) is 12.3 Å². The number of aromatic amines is 1. The van der Waals surface area contributed by atoms with E-state index in [0.717, 1.165) is 17.0 Å². The predicted octanol–water partition coefficient (Wildman–Crippen LogP) is 1.48. The summed E-state index contributed by atoms with van der Waals surface area (Å²) in [5, 5.41) is 9.81. The molecule has 5 nitrogen and oxygen atoms in total. The lowest BCUT2D eigenvalue weighted by Crippen LogP contribution is -2.24. The molecule has 2 rings (SSSR count). The van der Waals surface area contributed by atoms with E-state index in [2.05, 4.69) is 15.5 Å². The highest BCUT2D eigenvalue weighted by molar-refractivity contribution is 5.77. The van der Waals surface area contributed by atoms with Crippen LogP contribution in [0, 0.1) is 13.8 Å². The van der Waals surface area contributed by atoms with Gasteiger partial charge >= 0.3 is 0 Å². The summed E-state index contributed by atoms with van der Waals surface area (Å²) < 4.78 is 5.11. The van der Waals surface area contributed by atoms with Crippen molar-refractivity contribution in [2.75, 3.05) is 0 Å². The lowest BCUT2D eigenvalue weighted by atomic mass is 10.2. The normalized spacial score (nSPS) is 10.5. The molecule has 0 saturated carbocycles. The first-order valence-corrected chi connectivity index (χ1v) is 5.46. The number of aromatic nitrogens is 2. The van der Waals surface area contributed by atoms with E-state index < -0.39 is 0 Å². The molecule has 0 aromatic carbocycles. The molecule has 1 amide bonds. The van der Waals surface area contributed by atoms with Gasteiger partial charge in [0, 0.05) is 17.8 Å². The van der Waals surface area contributed by atoms with E-state index in [1.165, 1.54) is 0 Å². The number of amides is 1. The smallest absolute Gasteiger partial charge is 0.227 e. The van der Waals surface area contributed by atoms with Gasteiger partial charge in [-0.25, -0.2) is 0 Å². The van der Waals surface area contributed by atoms with Crippen molar-refractivity contribution in [3.63, 3.8) is 0 Å². The third-order valence-electron chi connectivity index (χ3n) is 2.66. The van der Waals surface area contributed by atoms with Crippen molar-refractivity contribution in [3.8, 4) is 0 Å². The molecule has 2 N–H and O–H groups in total. The van der Waals surface area contributed by atoms with Crippen molar-refractivity contribution in [2.45, 2.75) is 26.8 Å². The Bertz CT molecular complexity index is 480. The van der Waals surface area contributed by atoms with Crippen LogP contribution in [0.3, 0.4) is 0 Å². The molecular weight excluding hydrogens is 218 g/mol. The average molecular weight is 233 g/mol. The average Bonchev–Trinajstić information content (AvgIpc) is 2.88. The van der Waals surface area contributed by atoms with Gasteiger partial charge < -0.3 is 9.73 Å². The number of aryl methyl sites for hydroxylation is 2. The SMILES string of the molecule is Cc1n[nH]c(C)c1CNC(=O)Cc1ccco1. The van der Waals surface area contributed by atoms with Gasteiger partial charge in [0.1, 0.15) is 5.76 Å². The number of nitrogens with one attached hydrogen (secondary N) is 2. The van der Waals surface area contributed by atoms with Gasteiger partial charge in [0.05, 0.1) is 18.4 Å². The zero-order chi connectivity index (χ0) is 12.3. The Hall–Kier alpha value is -2.04. The van der Waals surface area contributed by atoms with Crippen LogP contribution in [0.5, 0.6) is 0 Å². The van der Waals surface area contributed by atoms with E-state index in [1.54, 1.807) is 18.4 Å². The summed E-state index contributed by atoms with van der Waals surface area (Å²) in [6.07, 6.45) is 1.83. The maximum atomic E-state index is 11.6. The second kappa shape index (κ2) is 4.86. The van der Waals surface area contributed by atoms with E-state index in [9.17, 15) is 4.79 Å². The second-order valence-corrected chi connectivity index (χ2v) is 3.95. The number of carbonyl (C=O) groups is 1. The van der Waals surface area contributed by atoms with Crippen LogP contribution < -0.4 is 5.32 Å². The number of hydrogen-bond acceptors (Lipinski definition) is 3. The van der Waals surface area contributed by atoms with Gasteiger partial charge in [-0.2, -0.15) is 5.10 Å². The number of furan rings is 1. The fourth-order valence-corrected chi connectivity index (χ4v) is 1.66. The molecule has 0 saturated heterocycles. The molecule has 0 aliphatic heterocycles. The van der Waals surface area contributed by atoms with Crippen LogP contribution in [0.4, 0.5) is 0 Å². The molecule has 0 aliphatic rings. The van der Waals surface area contributed by atoms with Crippen LogP contribution in [0.2, 0.25) is 0 Å². The molecule has 0 radical (unpaired) electrons. The van der Waals surface area contributed by atoms with Crippen LogP contribution in [0.15, 0.2) is 22.8 Å². The monoisotopic (exact) mass is 233 g/mol. The van der Waals surface area contributed by atoms with E-state index in [-0.39, 0.29) is 12.3 Å². The first-order chi connectivity index (χ1) is 8.16. The molecular formula is C12H15N3O2. The van der Waals surface area contributed by atoms with Gasteiger partial charge in [0.15, 0.2) is 0 Å². The Labute approximate surface area is 99.2 Å². The number of nitrogens with zero attached hydrogens (tertiary/aromatic N) is 1. The first kappa shape index (κ1) is 11.4. The molecule has 90 valence electrons. The third-order valence-corrected chi connectivity index (χ3v) is 2.66. The van der Waals surface area contributed by atoms with Crippen molar-refractivity contribution >= 4 is 5.91 Å². The van der Waals surface area contributed by atoms with Crippen LogP contribution in [0.1, 0.15) is 22.7 Å². The van der Waals surface area contributed by atoms with Gasteiger partial charge in [0.2, 0.25) is 5.91 Å². The minimum Gasteiger partial charge on any atom is -0.469 e. The Morgan fingerprint density at radius 3 is 2.94 bits per heavy atom. The summed E-state index contributed by atoms with van der Waals surface area (Å²) in [5.74, 6) is 0.614. The van der Waals surface area contributed by atoms with Crippen LogP contribution in [-0.4, -0.2) is 16.1 Å². The predicted molar refractivity (Wildman–Crippen MR) is 62.3 cm³/mol.